The summed E-state index contributed by atoms with van der Waals surface area (Å²) in [5.74, 6) is -0.184. The van der Waals surface area contributed by atoms with Crippen LogP contribution in [-0.2, 0) is 4.79 Å². The molecule has 0 bridgehead atoms. The molecule has 2 rings (SSSR count). The highest BCUT2D eigenvalue weighted by molar-refractivity contribution is 5.92. The van der Waals surface area contributed by atoms with Gasteiger partial charge in [-0.25, -0.2) is 0 Å². The molecule has 1 aromatic carbocycles. The van der Waals surface area contributed by atoms with Crippen LogP contribution in [0.15, 0.2) is 47.1 Å². The number of nitriles is 1. The Morgan fingerprint density at radius 1 is 1.18 bits per heavy atom. The SMILES string of the molecule is N#Cc1ccc(NC(=O)CCCNC(=O)c2ccco2)cc1. The number of carbonyl (C=O) groups excluding carboxylic acids is 2. The first-order chi connectivity index (χ1) is 10.7. The highest BCUT2D eigenvalue weighted by Crippen LogP contribution is 2.09. The van der Waals surface area contributed by atoms with Gasteiger partial charge in [-0.3, -0.25) is 9.59 Å². The third-order valence-corrected chi connectivity index (χ3v) is 2.91. The number of furan rings is 1. The van der Waals surface area contributed by atoms with Gasteiger partial charge in [-0.1, -0.05) is 0 Å². The standard InChI is InChI=1S/C16H15N3O3/c17-11-12-5-7-13(8-6-12)19-15(20)4-1-9-18-16(21)14-3-2-10-22-14/h2-3,5-8,10H,1,4,9H2,(H,18,21)(H,19,20). The lowest BCUT2D eigenvalue weighted by molar-refractivity contribution is -0.116. The molecule has 0 aliphatic heterocycles. The Kier molecular flexibility index (Phi) is 5.32. The van der Waals surface area contributed by atoms with E-state index < -0.39 is 0 Å². The highest BCUT2D eigenvalue weighted by Gasteiger charge is 2.08. The maximum absolute atomic E-state index is 11.7. The minimum atomic E-state index is -0.294. The number of nitrogens with one attached hydrogen (secondary N) is 2. The molecule has 0 unspecified atom stereocenters. The summed E-state index contributed by atoms with van der Waals surface area (Å²) in [6, 6.07) is 11.9. The van der Waals surface area contributed by atoms with Crippen molar-refractivity contribution in [1.82, 2.24) is 5.32 Å². The first-order valence-corrected chi connectivity index (χ1v) is 6.81. The predicted octanol–water partition coefficient (Wildman–Crippen LogP) is 2.30. The largest absolute Gasteiger partial charge is 0.459 e. The van der Waals surface area contributed by atoms with Crippen molar-refractivity contribution in [3.8, 4) is 6.07 Å². The molecule has 0 saturated heterocycles. The predicted molar refractivity (Wildman–Crippen MR) is 80.1 cm³/mol. The van der Waals surface area contributed by atoms with Gasteiger partial charge in [0.1, 0.15) is 0 Å². The summed E-state index contributed by atoms with van der Waals surface area (Å²) in [5.41, 5.74) is 1.18. The second-order valence-corrected chi connectivity index (χ2v) is 4.57. The van der Waals surface area contributed by atoms with Gasteiger partial charge < -0.3 is 15.1 Å². The Morgan fingerprint density at radius 2 is 1.95 bits per heavy atom. The summed E-state index contributed by atoms with van der Waals surface area (Å²) in [6.45, 7) is 0.389. The molecule has 2 amide bonds. The number of anilines is 1. The van der Waals surface area contributed by atoms with Gasteiger partial charge in [0, 0.05) is 18.7 Å². The topological polar surface area (TPSA) is 95.1 Å². The fraction of sp³-hybridized carbons (Fsp3) is 0.188. The smallest absolute Gasteiger partial charge is 0.286 e. The van der Waals surface area contributed by atoms with Crippen molar-refractivity contribution in [2.45, 2.75) is 12.8 Å². The molecule has 22 heavy (non-hydrogen) atoms. The second kappa shape index (κ2) is 7.64. The molecule has 0 radical (unpaired) electrons. The number of benzene rings is 1. The lowest BCUT2D eigenvalue weighted by Gasteiger charge is -2.06. The Hall–Kier alpha value is -3.07. The van der Waals surface area contributed by atoms with Crippen LogP contribution in [0.2, 0.25) is 0 Å². The van der Waals surface area contributed by atoms with E-state index >= 15 is 0 Å². The van der Waals surface area contributed by atoms with E-state index in [9.17, 15) is 9.59 Å². The summed E-state index contributed by atoms with van der Waals surface area (Å²) in [6.07, 6.45) is 2.24. The van der Waals surface area contributed by atoms with E-state index in [-0.39, 0.29) is 17.6 Å². The first kappa shape index (κ1) is 15.3. The van der Waals surface area contributed by atoms with Crippen molar-refractivity contribution in [3.63, 3.8) is 0 Å². The zero-order valence-electron chi connectivity index (χ0n) is 11.8. The van der Waals surface area contributed by atoms with Crippen LogP contribution in [0.25, 0.3) is 0 Å². The maximum atomic E-state index is 11.7. The molecule has 0 atom stereocenters. The van der Waals surface area contributed by atoms with Crippen LogP contribution >= 0.6 is 0 Å². The number of rotatable bonds is 6. The van der Waals surface area contributed by atoms with Crippen LogP contribution < -0.4 is 10.6 Å². The molecule has 0 fully saturated rings. The van der Waals surface area contributed by atoms with E-state index in [2.05, 4.69) is 10.6 Å². The molecule has 1 heterocycles. The van der Waals surface area contributed by atoms with Gasteiger partial charge in [-0.2, -0.15) is 5.26 Å². The summed E-state index contributed by atoms with van der Waals surface area (Å²) in [4.78, 5) is 23.3. The minimum Gasteiger partial charge on any atom is -0.459 e. The van der Waals surface area contributed by atoms with Crippen molar-refractivity contribution in [2.75, 3.05) is 11.9 Å². The fourth-order valence-electron chi connectivity index (χ4n) is 1.80. The van der Waals surface area contributed by atoms with Gasteiger partial charge in [-0.05, 0) is 42.8 Å². The number of nitrogens with zero attached hydrogens (tertiary/aromatic N) is 1. The molecule has 2 aromatic rings. The Labute approximate surface area is 127 Å². The van der Waals surface area contributed by atoms with E-state index in [1.807, 2.05) is 6.07 Å². The molecule has 0 spiro atoms. The summed E-state index contributed by atoms with van der Waals surface area (Å²) in [7, 11) is 0. The Morgan fingerprint density at radius 3 is 2.59 bits per heavy atom. The van der Waals surface area contributed by atoms with Gasteiger partial charge >= 0.3 is 0 Å². The van der Waals surface area contributed by atoms with Crippen molar-refractivity contribution in [3.05, 3.63) is 54.0 Å². The maximum Gasteiger partial charge on any atom is 0.286 e. The fourth-order valence-corrected chi connectivity index (χ4v) is 1.80. The molecule has 112 valence electrons. The van der Waals surface area contributed by atoms with E-state index in [1.54, 1.807) is 36.4 Å². The van der Waals surface area contributed by atoms with Crippen molar-refractivity contribution >= 4 is 17.5 Å². The third kappa shape index (κ3) is 4.49. The summed E-state index contributed by atoms with van der Waals surface area (Å²) in [5, 5.41) is 14.1. The van der Waals surface area contributed by atoms with E-state index in [4.69, 9.17) is 9.68 Å². The zero-order valence-corrected chi connectivity index (χ0v) is 11.8. The highest BCUT2D eigenvalue weighted by atomic mass is 16.3. The van der Waals surface area contributed by atoms with Gasteiger partial charge in [0.2, 0.25) is 5.91 Å². The first-order valence-electron chi connectivity index (χ1n) is 6.81. The minimum absolute atomic E-state index is 0.142. The van der Waals surface area contributed by atoms with Crippen LogP contribution in [0.4, 0.5) is 5.69 Å². The molecular weight excluding hydrogens is 282 g/mol. The van der Waals surface area contributed by atoms with Crippen LogP contribution in [0.5, 0.6) is 0 Å². The van der Waals surface area contributed by atoms with Gasteiger partial charge in [-0.15, -0.1) is 0 Å². The Bertz CT molecular complexity index is 670. The Balaban J connectivity index is 1.67. The average molecular weight is 297 g/mol. The lowest BCUT2D eigenvalue weighted by atomic mass is 10.2. The van der Waals surface area contributed by atoms with Crippen LogP contribution in [0.1, 0.15) is 29.0 Å². The monoisotopic (exact) mass is 297 g/mol. The molecule has 0 saturated carbocycles. The number of amides is 2. The van der Waals surface area contributed by atoms with Crippen LogP contribution in [-0.4, -0.2) is 18.4 Å². The van der Waals surface area contributed by atoms with Crippen molar-refractivity contribution in [2.24, 2.45) is 0 Å². The number of carbonyl (C=O) groups is 2. The van der Waals surface area contributed by atoms with Crippen molar-refractivity contribution < 1.29 is 14.0 Å². The van der Waals surface area contributed by atoms with E-state index in [1.165, 1.54) is 6.26 Å². The quantitative estimate of drug-likeness (QED) is 0.800. The summed E-state index contributed by atoms with van der Waals surface area (Å²) < 4.78 is 4.96. The zero-order chi connectivity index (χ0) is 15.8. The molecular formula is C16H15N3O3. The summed E-state index contributed by atoms with van der Waals surface area (Å²) >= 11 is 0. The van der Waals surface area contributed by atoms with Crippen LogP contribution in [0, 0.1) is 11.3 Å². The van der Waals surface area contributed by atoms with E-state index in [0.29, 0.717) is 30.6 Å². The molecule has 6 nitrogen and oxygen atoms in total. The van der Waals surface area contributed by atoms with E-state index in [0.717, 1.165) is 0 Å². The molecule has 0 aliphatic rings. The van der Waals surface area contributed by atoms with Crippen molar-refractivity contribution in [1.29, 1.82) is 5.26 Å². The molecule has 1 aromatic heterocycles. The third-order valence-electron chi connectivity index (χ3n) is 2.91. The molecule has 0 aliphatic carbocycles. The normalized spacial score (nSPS) is 9.77. The number of hydrogen-bond acceptors (Lipinski definition) is 4. The molecule has 6 heteroatoms. The second-order valence-electron chi connectivity index (χ2n) is 4.57. The van der Waals surface area contributed by atoms with Gasteiger partial charge in [0.15, 0.2) is 5.76 Å². The van der Waals surface area contributed by atoms with Gasteiger partial charge in [0.25, 0.3) is 5.91 Å². The molecule has 2 N–H and O–H groups in total. The average Bonchev–Trinajstić information content (AvgIpc) is 3.06. The van der Waals surface area contributed by atoms with Crippen LogP contribution in [0.3, 0.4) is 0 Å². The number of hydrogen-bond donors (Lipinski definition) is 2. The lowest BCUT2D eigenvalue weighted by Crippen LogP contribution is -2.25. The van der Waals surface area contributed by atoms with Gasteiger partial charge in [0.05, 0.1) is 17.9 Å².